The van der Waals surface area contributed by atoms with Crippen LogP contribution in [0.15, 0.2) is 12.2 Å². The van der Waals surface area contributed by atoms with Gasteiger partial charge in [-0.3, -0.25) is 0 Å². The van der Waals surface area contributed by atoms with E-state index in [1.54, 1.807) is 6.08 Å². The van der Waals surface area contributed by atoms with Crippen LogP contribution in [0, 0.1) is 12.3 Å². The first-order valence-electron chi connectivity index (χ1n) is 6.95. The summed E-state index contributed by atoms with van der Waals surface area (Å²) in [6.45, 7) is 2.11. The first-order valence-corrected chi connectivity index (χ1v) is 8.78. The molecule has 0 spiro atoms. The fourth-order valence-electron chi connectivity index (χ4n) is 2.82. The second kappa shape index (κ2) is 6.93. The zero-order valence-corrected chi connectivity index (χ0v) is 14.6. The van der Waals surface area contributed by atoms with Crippen LogP contribution >= 0.6 is 31.9 Å². The minimum Gasteiger partial charge on any atom is -0.371 e. The highest BCUT2D eigenvalue weighted by molar-refractivity contribution is 9.09. The minimum absolute atomic E-state index is 0.0320. The third-order valence-corrected chi connectivity index (χ3v) is 5.98. The average molecular weight is 408 g/mol. The summed E-state index contributed by atoms with van der Waals surface area (Å²) in [6.07, 6.45) is 11.7. The second-order valence-electron chi connectivity index (χ2n) is 5.35. The van der Waals surface area contributed by atoms with Crippen LogP contribution in [-0.2, 0) is 9.47 Å². The quantitative estimate of drug-likeness (QED) is 0.574. The molecular formula is C15H20Br2O3. The zero-order valence-electron chi connectivity index (χ0n) is 11.5. The molecule has 1 N–H and O–H groups in total. The third kappa shape index (κ3) is 3.48. The molecule has 112 valence electrons. The first-order chi connectivity index (χ1) is 9.50. The number of terminal acetylenes is 1. The molecule has 0 aromatic heterocycles. The van der Waals surface area contributed by atoms with Crippen molar-refractivity contribution in [1.82, 2.24) is 0 Å². The van der Waals surface area contributed by atoms with Gasteiger partial charge in [-0.2, -0.15) is 0 Å². The molecule has 2 saturated heterocycles. The van der Waals surface area contributed by atoms with Gasteiger partial charge >= 0.3 is 0 Å². The molecule has 2 fully saturated rings. The molecule has 0 saturated carbocycles. The number of ether oxygens (including phenoxy) is 2. The lowest BCUT2D eigenvalue weighted by atomic mass is 9.97. The van der Waals surface area contributed by atoms with Gasteiger partial charge in [-0.1, -0.05) is 50.8 Å². The van der Waals surface area contributed by atoms with Gasteiger partial charge in [-0.25, -0.2) is 0 Å². The first kappa shape index (κ1) is 16.5. The lowest BCUT2D eigenvalue weighted by molar-refractivity contribution is -0.196. The number of fused-ring (bicyclic) bond motifs is 1. The van der Waals surface area contributed by atoms with Crippen molar-refractivity contribution in [2.45, 2.75) is 66.4 Å². The molecule has 3 nitrogen and oxygen atoms in total. The van der Waals surface area contributed by atoms with Gasteiger partial charge in [0, 0.05) is 11.2 Å². The topological polar surface area (TPSA) is 38.7 Å². The highest BCUT2D eigenvalue weighted by Crippen LogP contribution is 2.43. The van der Waals surface area contributed by atoms with E-state index in [0.717, 1.165) is 12.8 Å². The van der Waals surface area contributed by atoms with Crippen LogP contribution in [0.2, 0.25) is 0 Å². The van der Waals surface area contributed by atoms with E-state index in [1.165, 1.54) is 0 Å². The Balaban J connectivity index is 2.00. The number of allylic oxidation sites excluding steroid dienone is 2. The summed E-state index contributed by atoms with van der Waals surface area (Å²) in [7, 11) is 0. The SMILES string of the molecule is C#C/C=C/CC(Br)C1(O)CC2O[C@H](CC)C(Br)CC2O1. The maximum atomic E-state index is 10.7. The molecule has 20 heavy (non-hydrogen) atoms. The summed E-state index contributed by atoms with van der Waals surface area (Å²) < 4.78 is 11.9. The summed E-state index contributed by atoms with van der Waals surface area (Å²) in [5, 5.41) is 10.7. The maximum absolute atomic E-state index is 10.7. The molecule has 2 rings (SSSR count). The molecule has 6 atom stereocenters. The molecule has 0 aromatic carbocycles. The second-order valence-corrected chi connectivity index (χ2v) is 7.63. The Labute approximate surface area is 137 Å². The standard InChI is InChI=1S/C15H20Br2O3/c1-3-5-6-7-14(17)15(18)9-13-12(20-15)8-10(16)11(4-2)19-13/h1,5-6,10-14,18H,4,7-9H2,2H3/b6-5+/t10?,11-,12?,13?,14?,15?/m1/s1. The van der Waals surface area contributed by atoms with Gasteiger partial charge in [0.1, 0.15) is 0 Å². The average Bonchev–Trinajstić information content (AvgIpc) is 2.74. The van der Waals surface area contributed by atoms with Gasteiger partial charge in [0.2, 0.25) is 0 Å². The highest BCUT2D eigenvalue weighted by Gasteiger charge is 2.52. The Kier molecular flexibility index (Phi) is 5.72. The highest BCUT2D eigenvalue weighted by atomic mass is 79.9. The molecule has 0 radical (unpaired) electrons. The molecule has 2 aliphatic rings. The molecule has 0 amide bonds. The van der Waals surface area contributed by atoms with Crippen molar-refractivity contribution < 1.29 is 14.6 Å². The lowest BCUT2D eigenvalue weighted by Gasteiger charge is -2.34. The van der Waals surface area contributed by atoms with Crippen molar-refractivity contribution in [3.05, 3.63) is 12.2 Å². The number of hydrogen-bond donors (Lipinski definition) is 1. The van der Waals surface area contributed by atoms with Gasteiger partial charge in [-0.05, 0) is 25.3 Å². The van der Waals surface area contributed by atoms with E-state index in [2.05, 4.69) is 44.7 Å². The van der Waals surface area contributed by atoms with Crippen LogP contribution in [0.4, 0.5) is 0 Å². The Morgan fingerprint density at radius 3 is 2.95 bits per heavy atom. The van der Waals surface area contributed by atoms with Crippen molar-refractivity contribution in [3.63, 3.8) is 0 Å². The summed E-state index contributed by atoms with van der Waals surface area (Å²) in [5.41, 5.74) is 0. The third-order valence-electron chi connectivity index (χ3n) is 3.92. The summed E-state index contributed by atoms with van der Waals surface area (Å²) in [4.78, 5) is 0.0915. The number of hydrogen-bond acceptors (Lipinski definition) is 3. The largest absolute Gasteiger partial charge is 0.371 e. The van der Waals surface area contributed by atoms with Crippen LogP contribution in [-0.4, -0.2) is 38.9 Å². The number of rotatable bonds is 4. The van der Waals surface area contributed by atoms with Crippen molar-refractivity contribution in [1.29, 1.82) is 0 Å². The van der Waals surface area contributed by atoms with E-state index in [4.69, 9.17) is 15.9 Å². The molecule has 5 unspecified atom stereocenters. The van der Waals surface area contributed by atoms with E-state index in [9.17, 15) is 5.11 Å². The van der Waals surface area contributed by atoms with Gasteiger partial charge in [-0.15, -0.1) is 6.42 Å². The van der Waals surface area contributed by atoms with E-state index >= 15 is 0 Å². The van der Waals surface area contributed by atoms with Crippen LogP contribution in [0.5, 0.6) is 0 Å². The number of aliphatic hydroxyl groups is 1. The lowest BCUT2D eigenvalue weighted by Crippen LogP contribution is -2.42. The molecule has 0 bridgehead atoms. The smallest absolute Gasteiger partial charge is 0.181 e. The Hall–Kier alpha value is 0.140. The summed E-state index contributed by atoms with van der Waals surface area (Å²) >= 11 is 7.16. The van der Waals surface area contributed by atoms with E-state index in [1.807, 2.05) is 6.08 Å². The van der Waals surface area contributed by atoms with Crippen LogP contribution in [0.25, 0.3) is 0 Å². The zero-order chi connectivity index (χ0) is 14.8. The van der Waals surface area contributed by atoms with Crippen LogP contribution < -0.4 is 0 Å². The summed E-state index contributed by atoms with van der Waals surface area (Å²) in [6, 6.07) is 0. The molecular weight excluding hydrogens is 388 g/mol. The van der Waals surface area contributed by atoms with Crippen molar-refractivity contribution >= 4 is 31.9 Å². The maximum Gasteiger partial charge on any atom is 0.181 e. The fourth-order valence-corrected chi connectivity index (χ4v) is 4.20. The normalized spacial score (nSPS) is 42.4. The van der Waals surface area contributed by atoms with E-state index in [-0.39, 0.29) is 28.0 Å². The predicted molar refractivity (Wildman–Crippen MR) is 86.0 cm³/mol. The monoisotopic (exact) mass is 406 g/mol. The van der Waals surface area contributed by atoms with Crippen molar-refractivity contribution in [2.24, 2.45) is 0 Å². The van der Waals surface area contributed by atoms with E-state index < -0.39 is 5.79 Å². The van der Waals surface area contributed by atoms with Gasteiger partial charge < -0.3 is 14.6 Å². The van der Waals surface area contributed by atoms with E-state index in [0.29, 0.717) is 12.8 Å². The van der Waals surface area contributed by atoms with Gasteiger partial charge in [0.25, 0.3) is 0 Å². The van der Waals surface area contributed by atoms with Gasteiger partial charge in [0.15, 0.2) is 5.79 Å². The van der Waals surface area contributed by atoms with Gasteiger partial charge in [0.05, 0.1) is 23.1 Å². The molecule has 5 heteroatoms. The number of alkyl halides is 2. The van der Waals surface area contributed by atoms with Crippen LogP contribution in [0.3, 0.4) is 0 Å². The predicted octanol–water partition coefficient (Wildman–Crippen LogP) is 3.14. The van der Waals surface area contributed by atoms with Crippen molar-refractivity contribution in [3.8, 4) is 12.3 Å². The summed E-state index contributed by atoms with van der Waals surface area (Å²) in [5.74, 6) is 1.25. The fraction of sp³-hybridized carbons (Fsp3) is 0.733. The molecule has 0 aromatic rings. The van der Waals surface area contributed by atoms with Crippen molar-refractivity contribution in [2.75, 3.05) is 0 Å². The number of halogens is 2. The molecule has 0 aliphatic carbocycles. The molecule has 2 heterocycles. The minimum atomic E-state index is -1.19. The Morgan fingerprint density at radius 2 is 2.30 bits per heavy atom. The molecule has 2 aliphatic heterocycles. The Morgan fingerprint density at radius 1 is 1.55 bits per heavy atom. The van der Waals surface area contributed by atoms with Crippen LogP contribution in [0.1, 0.15) is 32.6 Å². The Bertz CT molecular complexity index is 406.